The van der Waals surface area contributed by atoms with Crippen LogP contribution in [0.1, 0.15) is 33.7 Å². The third-order valence-electron chi connectivity index (χ3n) is 6.70. The molecule has 2 aromatic rings. The van der Waals surface area contributed by atoms with Crippen molar-refractivity contribution < 1.29 is 23.7 Å². The van der Waals surface area contributed by atoms with Crippen LogP contribution in [0.25, 0.3) is 0 Å². The summed E-state index contributed by atoms with van der Waals surface area (Å²) in [6, 6.07) is 4.00. The number of carbonyl (C=O) groups is 1. The Labute approximate surface area is 199 Å². The molecular weight excluding hydrogens is 438 g/mol. The Balaban J connectivity index is 1.21. The van der Waals surface area contributed by atoms with Gasteiger partial charge in [-0.1, -0.05) is 0 Å². The van der Waals surface area contributed by atoms with Gasteiger partial charge in [0.1, 0.15) is 0 Å². The van der Waals surface area contributed by atoms with E-state index in [1.807, 2.05) is 23.9 Å². The molecule has 0 bridgehead atoms. The number of nitrogens with one attached hydrogen (secondary N) is 1. The number of benzene rings is 1. The first-order valence-corrected chi connectivity index (χ1v) is 11.9. The zero-order chi connectivity index (χ0) is 23.5. The summed E-state index contributed by atoms with van der Waals surface area (Å²) in [5.41, 5.74) is 3.78. The summed E-state index contributed by atoms with van der Waals surface area (Å²) in [7, 11) is 3.56. The van der Waals surface area contributed by atoms with Crippen molar-refractivity contribution in [1.82, 2.24) is 24.9 Å². The second kappa shape index (κ2) is 10.2. The van der Waals surface area contributed by atoms with Gasteiger partial charge >= 0.3 is 0 Å². The first kappa shape index (κ1) is 22.9. The molecule has 0 aliphatic carbocycles. The lowest BCUT2D eigenvalue weighted by molar-refractivity contribution is 0.0374. The standard InChI is InChI=1S/C24H33N5O5/c1-27-19-4-7-29(14-17-12-20(31-2)23-21(13-17)33-16-34-23)15-18(19)22(26-27)24(30)25-5-3-6-28-8-10-32-11-9-28/h12-13H,3-11,14-16H2,1-2H3,(H,25,30). The molecule has 1 aromatic heterocycles. The highest BCUT2D eigenvalue weighted by atomic mass is 16.7. The van der Waals surface area contributed by atoms with Crippen molar-refractivity contribution in [3.05, 3.63) is 34.6 Å². The molecule has 3 aliphatic heterocycles. The fourth-order valence-corrected chi connectivity index (χ4v) is 4.91. The van der Waals surface area contributed by atoms with Crippen LogP contribution in [0.2, 0.25) is 0 Å². The highest BCUT2D eigenvalue weighted by Gasteiger charge is 2.28. The molecule has 34 heavy (non-hydrogen) atoms. The van der Waals surface area contributed by atoms with Gasteiger partial charge in [-0.05, 0) is 30.7 Å². The molecule has 1 aromatic carbocycles. The average Bonchev–Trinajstić information content (AvgIpc) is 3.46. The van der Waals surface area contributed by atoms with Crippen LogP contribution in [0.3, 0.4) is 0 Å². The molecule has 5 rings (SSSR count). The third kappa shape index (κ3) is 4.84. The van der Waals surface area contributed by atoms with Crippen molar-refractivity contribution in [3.8, 4) is 17.2 Å². The Morgan fingerprint density at radius 1 is 1.18 bits per heavy atom. The average molecular weight is 472 g/mol. The van der Waals surface area contributed by atoms with Crippen LogP contribution in [0, 0.1) is 0 Å². The van der Waals surface area contributed by atoms with Gasteiger partial charge in [0, 0.05) is 64.0 Å². The first-order valence-electron chi connectivity index (χ1n) is 11.9. The molecule has 1 saturated heterocycles. The maximum absolute atomic E-state index is 13.0. The van der Waals surface area contributed by atoms with E-state index >= 15 is 0 Å². The normalized spacial score (nSPS) is 18.1. The summed E-state index contributed by atoms with van der Waals surface area (Å²) in [4.78, 5) is 17.7. The highest BCUT2D eigenvalue weighted by Crippen LogP contribution is 2.42. The van der Waals surface area contributed by atoms with Gasteiger partial charge in [-0.3, -0.25) is 19.3 Å². The van der Waals surface area contributed by atoms with Crippen molar-refractivity contribution in [3.63, 3.8) is 0 Å². The molecule has 1 fully saturated rings. The number of nitrogens with zero attached hydrogens (tertiary/aromatic N) is 4. The molecule has 1 N–H and O–H groups in total. The Morgan fingerprint density at radius 3 is 2.85 bits per heavy atom. The molecular formula is C24H33N5O5. The second-order valence-electron chi connectivity index (χ2n) is 8.95. The molecule has 0 radical (unpaired) electrons. The fourth-order valence-electron chi connectivity index (χ4n) is 4.91. The second-order valence-corrected chi connectivity index (χ2v) is 8.95. The van der Waals surface area contributed by atoms with Crippen LogP contribution < -0.4 is 19.5 Å². The maximum atomic E-state index is 13.0. The molecule has 0 atom stereocenters. The number of carbonyl (C=O) groups excluding carboxylic acids is 1. The number of aromatic nitrogens is 2. The lowest BCUT2D eigenvalue weighted by atomic mass is 10.0. The summed E-state index contributed by atoms with van der Waals surface area (Å²) in [5, 5.41) is 7.64. The minimum atomic E-state index is -0.0922. The van der Waals surface area contributed by atoms with Crippen LogP contribution in [0.15, 0.2) is 12.1 Å². The molecule has 0 saturated carbocycles. The number of fused-ring (bicyclic) bond motifs is 2. The lowest BCUT2D eigenvalue weighted by Crippen LogP contribution is -2.38. The topological polar surface area (TPSA) is 90.3 Å². The number of rotatable bonds is 8. The van der Waals surface area contributed by atoms with Crippen LogP contribution in [-0.2, 0) is 31.3 Å². The summed E-state index contributed by atoms with van der Waals surface area (Å²) in [5.74, 6) is 1.96. The molecule has 10 heteroatoms. The van der Waals surface area contributed by atoms with Crippen LogP contribution in [-0.4, -0.2) is 85.3 Å². The summed E-state index contributed by atoms with van der Waals surface area (Å²) < 4.78 is 23.8. The summed E-state index contributed by atoms with van der Waals surface area (Å²) in [6.45, 7) is 7.63. The van der Waals surface area contributed by atoms with Crippen LogP contribution in [0.5, 0.6) is 17.2 Å². The number of hydrogen-bond donors (Lipinski definition) is 1. The number of amides is 1. The van der Waals surface area contributed by atoms with Crippen LogP contribution in [0.4, 0.5) is 0 Å². The van der Waals surface area contributed by atoms with E-state index in [4.69, 9.17) is 18.9 Å². The lowest BCUT2D eigenvalue weighted by Gasteiger charge is -2.27. The van der Waals surface area contributed by atoms with Crippen molar-refractivity contribution in [2.45, 2.75) is 25.9 Å². The first-order chi connectivity index (χ1) is 16.6. The predicted octanol–water partition coefficient (Wildman–Crippen LogP) is 1.17. The van der Waals surface area contributed by atoms with Gasteiger partial charge in [0.15, 0.2) is 17.2 Å². The van der Waals surface area contributed by atoms with E-state index in [0.717, 1.165) is 75.6 Å². The summed E-state index contributed by atoms with van der Waals surface area (Å²) >= 11 is 0. The molecule has 184 valence electrons. The predicted molar refractivity (Wildman–Crippen MR) is 124 cm³/mol. The van der Waals surface area contributed by atoms with E-state index < -0.39 is 0 Å². The van der Waals surface area contributed by atoms with Gasteiger partial charge in [0.2, 0.25) is 12.5 Å². The number of hydrogen-bond acceptors (Lipinski definition) is 8. The quantitative estimate of drug-likeness (QED) is 0.574. The Kier molecular flexibility index (Phi) is 6.89. The SMILES string of the molecule is COc1cc(CN2CCc3c(c(C(=O)NCCCN4CCOCC4)nn3C)C2)cc2c1OCO2. The molecule has 0 spiro atoms. The number of methoxy groups -OCH3 is 1. The minimum Gasteiger partial charge on any atom is -0.493 e. The largest absolute Gasteiger partial charge is 0.493 e. The summed E-state index contributed by atoms with van der Waals surface area (Å²) in [6.07, 6.45) is 1.77. The zero-order valence-corrected chi connectivity index (χ0v) is 20.0. The van der Waals surface area contributed by atoms with Gasteiger partial charge in [0.25, 0.3) is 5.91 Å². The van der Waals surface area contributed by atoms with E-state index in [-0.39, 0.29) is 12.7 Å². The molecule has 10 nitrogen and oxygen atoms in total. The maximum Gasteiger partial charge on any atom is 0.272 e. The Bertz CT molecular complexity index is 1030. The number of aryl methyl sites for hydroxylation is 1. The van der Waals surface area contributed by atoms with E-state index in [2.05, 4.69) is 20.2 Å². The monoisotopic (exact) mass is 471 g/mol. The highest BCUT2D eigenvalue weighted by molar-refractivity contribution is 5.94. The molecule has 1 amide bonds. The van der Waals surface area contributed by atoms with Gasteiger partial charge < -0.3 is 24.3 Å². The van der Waals surface area contributed by atoms with Crippen molar-refractivity contribution >= 4 is 5.91 Å². The fraction of sp³-hybridized carbons (Fsp3) is 0.583. The molecule has 3 aliphatic rings. The third-order valence-corrected chi connectivity index (χ3v) is 6.70. The Hall–Kier alpha value is -2.82. The molecule has 0 unspecified atom stereocenters. The smallest absolute Gasteiger partial charge is 0.272 e. The van der Waals surface area contributed by atoms with Crippen LogP contribution >= 0.6 is 0 Å². The van der Waals surface area contributed by atoms with Crippen molar-refractivity contribution in [2.24, 2.45) is 7.05 Å². The Morgan fingerprint density at radius 2 is 2.03 bits per heavy atom. The van der Waals surface area contributed by atoms with Gasteiger partial charge in [0.05, 0.1) is 20.3 Å². The van der Waals surface area contributed by atoms with Crippen molar-refractivity contribution in [1.29, 1.82) is 0 Å². The van der Waals surface area contributed by atoms with Gasteiger partial charge in [-0.15, -0.1) is 0 Å². The van der Waals surface area contributed by atoms with E-state index in [1.54, 1.807) is 7.11 Å². The zero-order valence-electron chi connectivity index (χ0n) is 20.0. The van der Waals surface area contributed by atoms with Gasteiger partial charge in [-0.25, -0.2) is 0 Å². The molecule has 4 heterocycles. The minimum absolute atomic E-state index is 0.0922. The van der Waals surface area contributed by atoms with E-state index in [9.17, 15) is 4.79 Å². The van der Waals surface area contributed by atoms with Crippen molar-refractivity contribution in [2.75, 3.05) is 59.8 Å². The number of ether oxygens (including phenoxy) is 4. The van der Waals surface area contributed by atoms with E-state index in [1.165, 1.54) is 0 Å². The van der Waals surface area contributed by atoms with E-state index in [0.29, 0.717) is 36.0 Å². The van der Waals surface area contributed by atoms with Gasteiger partial charge in [-0.2, -0.15) is 5.10 Å². The number of morpholine rings is 1.